The van der Waals surface area contributed by atoms with E-state index in [0.29, 0.717) is 31.6 Å². The number of carbonyl (C=O) groups is 1. The van der Waals surface area contributed by atoms with E-state index in [0.717, 1.165) is 6.07 Å². The summed E-state index contributed by atoms with van der Waals surface area (Å²) in [6.07, 6.45) is -3.74. The van der Waals surface area contributed by atoms with Crippen LogP contribution in [0.1, 0.15) is 29.6 Å². The second-order valence-corrected chi connectivity index (χ2v) is 6.21. The minimum absolute atomic E-state index is 0.0150. The minimum atomic E-state index is -4.15. The standard InChI is InChI=1S/C15H18ClF4N3O/c16-11-7-10(14(21)24)12(17)8-13(11)22-9-1-4-23(5-2-9)6-3-15(18,19)20/h7-9,22H,1-6H2,(H2,21,24). The first-order valence-corrected chi connectivity index (χ1v) is 7.88. The normalized spacial score (nSPS) is 17.0. The lowest BCUT2D eigenvalue weighted by molar-refractivity contribution is -0.138. The summed E-state index contributed by atoms with van der Waals surface area (Å²) in [6.45, 7) is 1.03. The van der Waals surface area contributed by atoms with Crippen molar-refractivity contribution in [2.24, 2.45) is 5.73 Å². The van der Waals surface area contributed by atoms with Crippen molar-refractivity contribution in [1.29, 1.82) is 0 Å². The van der Waals surface area contributed by atoms with Crippen LogP contribution < -0.4 is 11.1 Å². The van der Waals surface area contributed by atoms with Gasteiger partial charge in [0.1, 0.15) is 5.82 Å². The fourth-order valence-corrected chi connectivity index (χ4v) is 2.87. The molecule has 1 aromatic carbocycles. The highest BCUT2D eigenvalue weighted by molar-refractivity contribution is 6.33. The molecule has 0 spiro atoms. The monoisotopic (exact) mass is 367 g/mol. The first-order valence-electron chi connectivity index (χ1n) is 7.50. The van der Waals surface area contributed by atoms with Crippen LogP contribution in [0.2, 0.25) is 5.02 Å². The first kappa shape index (κ1) is 18.8. The molecular weight excluding hydrogens is 350 g/mol. The smallest absolute Gasteiger partial charge is 0.381 e. The van der Waals surface area contributed by atoms with Crippen molar-refractivity contribution in [2.45, 2.75) is 31.5 Å². The number of carbonyl (C=O) groups excluding carboxylic acids is 1. The van der Waals surface area contributed by atoms with Gasteiger partial charge in [-0.25, -0.2) is 4.39 Å². The summed E-state index contributed by atoms with van der Waals surface area (Å²) in [6, 6.07) is 2.25. The van der Waals surface area contributed by atoms with Gasteiger partial charge in [-0.2, -0.15) is 13.2 Å². The Bertz CT molecular complexity index is 601. The van der Waals surface area contributed by atoms with Gasteiger partial charge in [0.25, 0.3) is 5.91 Å². The molecule has 4 nitrogen and oxygen atoms in total. The number of hydrogen-bond acceptors (Lipinski definition) is 3. The van der Waals surface area contributed by atoms with Gasteiger partial charge in [0, 0.05) is 25.7 Å². The molecular formula is C15H18ClF4N3O. The largest absolute Gasteiger partial charge is 0.390 e. The van der Waals surface area contributed by atoms with E-state index < -0.39 is 24.3 Å². The van der Waals surface area contributed by atoms with Crippen molar-refractivity contribution in [3.63, 3.8) is 0 Å². The molecule has 9 heteroatoms. The predicted octanol–water partition coefficient (Wildman–Crippen LogP) is 3.41. The third-order valence-corrected chi connectivity index (χ3v) is 4.29. The Hall–Kier alpha value is -1.54. The molecule has 1 heterocycles. The SMILES string of the molecule is NC(=O)c1cc(Cl)c(NC2CCN(CCC(F)(F)F)CC2)cc1F. The molecule has 0 unspecified atom stereocenters. The number of anilines is 1. The fourth-order valence-electron chi connectivity index (χ4n) is 2.65. The number of amides is 1. The van der Waals surface area contributed by atoms with Crippen LogP contribution in [0.15, 0.2) is 12.1 Å². The molecule has 0 aliphatic carbocycles. The maximum atomic E-state index is 13.8. The summed E-state index contributed by atoms with van der Waals surface area (Å²) in [5, 5.41) is 3.25. The van der Waals surface area contributed by atoms with E-state index in [9.17, 15) is 22.4 Å². The molecule has 1 fully saturated rings. The highest BCUT2D eigenvalue weighted by Crippen LogP contribution is 2.28. The molecule has 1 aliphatic rings. The number of likely N-dealkylation sites (tertiary alicyclic amines) is 1. The van der Waals surface area contributed by atoms with Crippen molar-refractivity contribution in [3.05, 3.63) is 28.5 Å². The van der Waals surface area contributed by atoms with Crippen molar-refractivity contribution >= 4 is 23.2 Å². The van der Waals surface area contributed by atoms with Gasteiger partial charge in [0.15, 0.2) is 0 Å². The average Bonchev–Trinajstić information content (AvgIpc) is 2.49. The number of nitrogens with two attached hydrogens (primary N) is 1. The van der Waals surface area contributed by atoms with E-state index in [-0.39, 0.29) is 23.2 Å². The van der Waals surface area contributed by atoms with Gasteiger partial charge in [-0.05, 0) is 25.0 Å². The van der Waals surface area contributed by atoms with Gasteiger partial charge < -0.3 is 16.0 Å². The number of hydrogen-bond donors (Lipinski definition) is 2. The van der Waals surface area contributed by atoms with Crippen molar-refractivity contribution in [2.75, 3.05) is 25.0 Å². The lowest BCUT2D eigenvalue weighted by Crippen LogP contribution is -2.40. The van der Waals surface area contributed by atoms with Gasteiger partial charge in [0.05, 0.1) is 22.7 Å². The van der Waals surface area contributed by atoms with Crippen LogP contribution in [-0.2, 0) is 0 Å². The number of nitrogens with zero attached hydrogens (tertiary/aromatic N) is 1. The third-order valence-electron chi connectivity index (χ3n) is 3.98. The molecule has 0 saturated carbocycles. The molecule has 0 radical (unpaired) electrons. The number of piperidine rings is 1. The Morgan fingerprint density at radius 1 is 1.33 bits per heavy atom. The molecule has 0 atom stereocenters. The highest BCUT2D eigenvalue weighted by Gasteiger charge is 2.29. The van der Waals surface area contributed by atoms with Gasteiger partial charge in [-0.3, -0.25) is 4.79 Å². The molecule has 1 aliphatic heterocycles. The molecule has 3 N–H and O–H groups in total. The molecule has 0 bridgehead atoms. The number of halogens is 5. The molecule has 24 heavy (non-hydrogen) atoms. The quantitative estimate of drug-likeness (QED) is 0.784. The van der Waals surface area contributed by atoms with Crippen LogP contribution in [0, 0.1) is 5.82 Å². The zero-order valence-corrected chi connectivity index (χ0v) is 13.6. The van der Waals surface area contributed by atoms with Crippen LogP contribution in [0.5, 0.6) is 0 Å². The zero-order chi connectivity index (χ0) is 17.9. The van der Waals surface area contributed by atoms with Crippen LogP contribution in [0.25, 0.3) is 0 Å². The fraction of sp³-hybridized carbons (Fsp3) is 0.533. The molecule has 134 valence electrons. The first-order chi connectivity index (χ1) is 11.2. The summed E-state index contributed by atoms with van der Waals surface area (Å²) in [4.78, 5) is 12.8. The van der Waals surface area contributed by atoms with Crippen LogP contribution in [-0.4, -0.2) is 42.7 Å². The van der Waals surface area contributed by atoms with Gasteiger partial charge >= 0.3 is 6.18 Å². The summed E-state index contributed by atoms with van der Waals surface area (Å²) < 4.78 is 50.5. The summed E-state index contributed by atoms with van der Waals surface area (Å²) in [7, 11) is 0. The summed E-state index contributed by atoms with van der Waals surface area (Å²) >= 11 is 6.02. The third kappa shape index (κ3) is 5.24. The van der Waals surface area contributed by atoms with E-state index in [1.807, 2.05) is 0 Å². The Labute approximate surface area is 141 Å². The maximum absolute atomic E-state index is 13.8. The molecule has 1 saturated heterocycles. The number of rotatable bonds is 5. The van der Waals surface area contributed by atoms with Crippen molar-refractivity contribution in [3.8, 4) is 0 Å². The number of alkyl halides is 3. The van der Waals surface area contributed by atoms with E-state index in [2.05, 4.69) is 5.32 Å². The summed E-state index contributed by atoms with van der Waals surface area (Å²) in [5.74, 6) is -1.67. The van der Waals surface area contributed by atoms with Gasteiger partial charge in [0.2, 0.25) is 0 Å². The average molecular weight is 368 g/mol. The Morgan fingerprint density at radius 3 is 2.50 bits per heavy atom. The second kappa shape index (κ2) is 7.57. The highest BCUT2D eigenvalue weighted by atomic mass is 35.5. The van der Waals surface area contributed by atoms with E-state index in [1.165, 1.54) is 6.07 Å². The zero-order valence-electron chi connectivity index (χ0n) is 12.8. The van der Waals surface area contributed by atoms with Crippen molar-refractivity contribution < 1.29 is 22.4 Å². The lowest BCUT2D eigenvalue weighted by atomic mass is 10.0. The lowest BCUT2D eigenvalue weighted by Gasteiger charge is -2.33. The molecule has 1 amide bonds. The van der Waals surface area contributed by atoms with E-state index in [4.69, 9.17) is 17.3 Å². The summed E-state index contributed by atoms with van der Waals surface area (Å²) in [5.41, 5.74) is 5.10. The number of benzene rings is 1. The Balaban J connectivity index is 1.90. The Morgan fingerprint density at radius 2 is 1.96 bits per heavy atom. The van der Waals surface area contributed by atoms with Crippen LogP contribution in [0.4, 0.5) is 23.2 Å². The van der Waals surface area contributed by atoms with Gasteiger partial charge in [-0.1, -0.05) is 11.6 Å². The van der Waals surface area contributed by atoms with Crippen LogP contribution in [0.3, 0.4) is 0 Å². The Kier molecular flexibility index (Phi) is 5.92. The molecule has 1 aromatic rings. The topological polar surface area (TPSA) is 58.4 Å². The minimum Gasteiger partial charge on any atom is -0.381 e. The van der Waals surface area contributed by atoms with E-state index >= 15 is 0 Å². The maximum Gasteiger partial charge on any atom is 0.390 e. The van der Waals surface area contributed by atoms with Crippen molar-refractivity contribution in [1.82, 2.24) is 4.90 Å². The predicted molar refractivity (Wildman–Crippen MR) is 83.7 cm³/mol. The van der Waals surface area contributed by atoms with Crippen LogP contribution >= 0.6 is 11.6 Å². The number of primary amides is 1. The number of nitrogens with one attached hydrogen (secondary N) is 1. The van der Waals surface area contributed by atoms with Gasteiger partial charge in [-0.15, -0.1) is 0 Å². The second-order valence-electron chi connectivity index (χ2n) is 5.80. The molecule has 2 rings (SSSR count). The van der Waals surface area contributed by atoms with E-state index in [1.54, 1.807) is 4.90 Å². The molecule has 0 aromatic heterocycles.